The summed E-state index contributed by atoms with van der Waals surface area (Å²) in [5.41, 5.74) is 5.17. The zero-order valence-electron chi connectivity index (χ0n) is 8.96. The van der Waals surface area contributed by atoms with Gasteiger partial charge in [-0.05, 0) is 55.2 Å². The summed E-state index contributed by atoms with van der Waals surface area (Å²) in [7, 11) is 0. The van der Waals surface area contributed by atoms with E-state index in [0.29, 0.717) is 0 Å². The Morgan fingerprint density at radius 3 is 2.57 bits per heavy atom. The maximum absolute atomic E-state index is 4.39. The Morgan fingerprint density at radius 1 is 1.14 bits per heavy atom. The van der Waals surface area contributed by atoms with Crippen molar-refractivity contribution < 1.29 is 0 Å². The number of benzene rings is 1. The fourth-order valence-corrected chi connectivity index (χ4v) is 1.77. The van der Waals surface area contributed by atoms with Gasteiger partial charge in [-0.15, -0.1) is 0 Å². The van der Waals surface area contributed by atoms with Crippen molar-refractivity contribution in [2.24, 2.45) is 0 Å². The van der Waals surface area contributed by atoms with Crippen molar-refractivity contribution in [1.82, 2.24) is 4.98 Å². The van der Waals surface area contributed by atoms with Gasteiger partial charge in [0, 0.05) is 11.6 Å². The highest BCUT2D eigenvalue weighted by Crippen LogP contribution is 2.21. The number of nitrogens with zero attached hydrogens (tertiary/aromatic N) is 1. The molecule has 72 valence electrons. The minimum absolute atomic E-state index is 1.07. The average molecular weight is 185 g/mol. The highest BCUT2D eigenvalue weighted by Gasteiger charge is 2.02. The van der Waals surface area contributed by atoms with Crippen LogP contribution in [-0.2, 0) is 6.42 Å². The van der Waals surface area contributed by atoms with Crippen LogP contribution in [0.5, 0.6) is 0 Å². The van der Waals surface area contributed by atoms with E-state index in [1.807, 2.05) is 6.20 Å². The zero-order valence-corrected chi connectivity index (χ0v) is 8.96. The van der Waals surface area contributed by atoms with Crippen LogP contribution in [0.15, 0.2) is 24.4 Å². The summed E-state index contributed by atoms with van der Waals surface area (Å²) in [5, 5.41) is 1.30. The maximum Gasteiger partial charge on any atom is 0.0707 e. The van der Waals surface area contributed by atoms with E-state index in [-0.39, 0.29) is 0 Å². The molecular weight excluding hydrogens is 170 g/mol. The van der Waals surface area contributed by atoms with E-state index >= 15 is 0 Å². The van der Waals surface area contributed by atoms with Gasteiger partial charge in [0.25, 0.3) is 0 Å². The van der Waals surface area contributed by atoms with Crippen LogP contribution < -0.4 is 0 Å². The normalized spacial score (nSPS) is 10.8. The Morgan fingerprint density at radius 2 is 1.86 bits per heavy atom. The number of hydrogen-bond donors (Lipinski definition) is 0. The van der Waals surface area contributed by atoms with Gasteiger partial charge in [-0.3, -0.25) is 4.98 Å². The van der Waals surface area contributed by atoms with E-state index in [9.17, 15) is 0 Å². The van der Waals surface area contributed by atoms with Gasteiger partial charge in [0.15, 0.2) is 0 Å². The molecule has 0 unspecified atom stereocenters. The Labute approximate surface area is 84.8 Å². The molecule has 14 heavy (non-hydrogen) atoms. The fourth-order valence-electron chi connectivity index (χ4n) is 1.77. The molecular formula is C13H15N. The zero-order chi connectivity index (χ0) is 10.1. The van der Waals surface area contributed by atoms with E-state index in [0.717, 1.165) is 11.9 Å². The van der Waals surface area contributed by atoms with E-state index < -0.39 is 0 Å². The van der Waals surface area contributed by atoms with Gasteiger partial charge in [0.05, 0.1) is 5.52 Å². The number of hydrogen-bond acceptors (Lipinski definition) is 1. The van der Waals surface area contributed by atoms with Gasteiger partial charge in [0.2, 0.25) is 0 Å². The lowest BCUT2D eigenvalue weighted by atomic mass is 10.0. The van der Waals surface area contributed by atoms with Crippen molar-refractivity contribution in [3.8, 4) is 0 Å². The van der Waals surface area contributed by atoms with E-state index in [1.54, 1.807) is 0 Å². The summed E-state index contributed by atoms with van der Waals surface area (Å²) in [6, 6.07) is 6.53. The van der Waals surface area contributed by atoms with Crippen molar-refractivity contribution >= 4 is 10.9 Å². The van der Waals surface area contributed by atoms with Crippen molar-refractivity contribution in [3.05, 3.63) is 41.1 Å². The number of aryl methyl sites for hydroxylation is 3. The van der Waals surface area contributed by atoms with E-state index in [4.69, 9.17) is 0 Å². The molecule has 0 spiro atoms. The first-order valence-electron chi connectivity index (χ1n) is 5.07. The van der Waals surface area contributed by atoms with Crippen LogP contribution >= 0.6 is 0 Å². The van der Waals surface area contributed by atoms with Crippen LogP contribution in [0.4, 0.5) is 0 Å². The van der Waals surface area contributed by atoms with Gasteiger partial charge in [-0.2, -0.15) is 0 Å². The molecule has 1 heterocycles. The summed E-state index contributed by atoms with van der Waals surface area (Å²) in [5.74, 6) is 0. The molecule has 0 radical (unpaired) electrons. The minimum Gasteiger partial charge on any atom is -0.256 e. The molecule has 0 fully saturated rings. The molecule has 0 bridgehead atoms. The number of aromatic nitrogens is 1. The van der Waals surface area contributed by atoms with Crippen LogP contribution in [0.3, 0.4) is 0 Å². The lowest BCUT2D eigenvalue weighted by Gasteiger charge is -2.06. The van der Waals surface area contributed by atoms with Gasteiger partial charge in [-0.25, -0.2) is 0 Å². The third-order valence-corrected chi connectivity index (χ3v) is 2.83. The first kappa shape index (κ1) is 9.20. The Bertz CT molecular complexity index is 472. The lowest BCUT2D eigenvalue weighted by Crippen LogP contribution is -1.89. The SMILES string of the molecule is CCc1ccnc2cc(C)c(C)cc12. The van der Waals surface area contributed by atoms with Gasteiger partial charge in [0.1, 0.15) is 0 Å². The number of pyridine rings is 1. The fraction of sp³-hybridized carbons (Fsp3) is 0.308. The van der Waals surface area contributed by atoms with E-state index in [2.05, 4.69) is 44.0 Å². The molecule has 0 saturated carbocycles. The van der Waals surface area contributed by atoms with Crippen molar-refractivity contribution in [2.45, 2.75) is 27.2 Å². The van der Waals surface area contributed by atoms with Gasteiger partial charge in [-0.1, -0.05) is 6.92 Å². The van der Waals surface area contributed by atoms with Crippen molar-refractivity contribution in [2.75, 3.05) is 0 Å². The van der Waals surface area contributed by atoms with Crippen LogP contribution in [0.1, 0.15) is 23.6 Å². The smallest absolute Gasteiger partial charge is 0.0707 e. The van der Waals surface area contributed by atoms with Crippen LogP contribution in [0.2, 0.25) is 0 Å². The Balaban J connectivity index is 2.81. The Kier molecular flexibility index (Phi) is 2.24. The first-order valence-corrected chi connectivity index (χ1v) is 5.07. The summed E-state index contributed by atoms with van der Waals surface area (Å²) < 4.78 is 0. The third-order valence-electron chi connectivity index (χ3n) is 2.83. The third kappa shape index (κ3) is 1.39. The highest BCUT2D eigenvalue weighted by molar-refractivity contribution is 5.83. The minimum atomic E-state index is 1.07. The standard InChI is InChI=1S/C13H15N/c1-4-11-5-6-14-13-8-10(3)9(2)7-12(11)13/h5-8H,4H2,1-3H3. The molecule has 0 amide bonds. The molecule has 2 aromatic rings. The summed E-state index contributed by atoms with van der Waals surface area (Å²) in [4.78, 5) is 4.39. The molecule has 1 aromatic carbocycles. The van der Waals surface area contributed by atoms with Crippen LogP contribution in [0.25, 0.3) is 10.9 Å². The molecule has 0 atom stereocenters. The molecule has 2 rings (SSSR count). The second-order valence-electron chi connectivity index (χ2n) is 3.78. The van der Waals surface area contributed by atoms with Gasteiger partial charge >= 0.3 is 0 Å². The molecule has 0 aliphatic carbocycles. The molecule has 1 heteroatoms. The topological polar surface area (TPSA) is 12.9 Å². The summed E-state index contributed by atoms with van der Waals surface area (Å²) >= 11 is 0. The molecule has 0 saturated heterocycles. The van der Waals surface area contributed by atoms with Crippen molar-refractivity contribution in [1.29, 1.82) is 0 Å². The van der Waals surface area contributed by atoms with Gasteiger partial charge < -0.3 is 0 Å². The predicted molar refractivity (Wildman–Crippen MR) is 60.6 cm³/mol. The Hall–Kier alpha value is -1.37. The average Bonchev–Trinajstić information content (AvgIpc) is 2.19. The van der Waals surface area contributed by atoms with Crippen LogP contribution in [0, 0.1) is 13.8 Å². The number of rotatable bonds is 1. The van der Waals surface area contributed by atoms with Crippen molar-refractivity contribution in [3.63, 3.8) is 0 Å². The molecule has 1 aromatic heterocycles. The molecule has 0 aliphatic heterocycles. The monoisotopic (exact) mass is 185 g/mol. The highest BCUT2D eigenvalue weighted by atomic mass is 14.6. The second-order valence-corrected chi connectivity index (χ2v) is 3.78. The first-order chi connectivity index (χ1) is 6.72. The largest absolute Gasteiger partial charge is 0.256 e. The van der Waals surface area contributed by atoms with Crippen LogP contribution in [-0.4, -0.2) is 4.98 Å². The molecule has 1 nitrogen and oxygen atoms in total. The molecule has 0 aliphatic rings. The maximum atomic E-state index is 4.39. The number of fused-ring (bicyclic) bond motifs is 1. The quantitative estimate of drug-likeness (QED) is 0.663. The molecule has 0 N–H and O–H groups in total. The predicted octanol–water partition coefficient (Wildman–Crippen LogP) is 3.41. The lowest BCUT2D eigenvalue weighted by molar-refractivity contribution is 1.14. The second kappa shape index (κ2) is 3.41. The summed E-state index contributed by atoms with van der Waals surface area (Å²) in [6.07, 6.45) is 2.97. The summed E-state index contributed by atoms with van der Waals surface area (Å²) in [6.45, 7) is 6.47. The van der Waals surface area contributed by atoms with E-state index in [1.165, 1.54) is 22.1 Å².